The summed E-state index contributed by atoms with van der Waals surface area (Å²) in [6, 6.07) is 5.62. The quantitative estimate of drug-likeness (QED) is 0.881. The van der Waals surface area contributed by atoms with Gasteiger partial charge >= 0.3 is 0 Å². The molecule has 21 heavy (non-hydrogen) atoms. The summed E-state index contributed by atoms with van der Waals surface area (Å²) in [4.78, 5) is 12.8. The topological polar surface area (TPSA) is 69.2 Å². The van der Waals surface area contributed by atoms with Crippen molar-refractivity contribution in [3.8, 4) is 11.8 Å². The summed E-state index contributed by atoms with van der Waals surface area (Å²) in [6.07, 6.45) is 1.79. The van der Waals surface area contributed by atoms with Gasteiger partial charge in [0.1, 0.15) is 0 Å². The van der Waals surface area contributed by atoms with Crippen LogP contribution in [0.2, 0.25) is 0 Å². The summed E-state index contributed by atoms with van der Waals surface area (Å²) >= 11 is 0. The molecule has 6 heteroatoms. The fraction of sp³-hybridized carbons (Fsp3) is 0.400. The molecule has 2 rings (SSSR count). The van der Waals surface area contributed by atoms with Crippen LogP contribution < -0.4 is 14.8 Å². The van der Waals surface area contributed by atoms with Crippen molar-refractivity contribution >= 4 is 5.95 Å². The first-order valence-electron chi connectivity index (χ1n) is 6.82. The van der Waals surface area contributed by atoms with Gasteiger partial charge in [0.25, 0.3) is 0 Å². The van der Waals surface area contributed by atoms with Gasteiger partial charge in [-0.3, -0.25) is 0 Å². The van der Waals surface area contributed by atoms with E-state index in [1.807, 2.05) is 32.9 Å². The number of aromatic nitrogens is 3. The molecule has 0 amide bonds. The van der Waals surface area contributed by atoms with Gasteiger partial charge in [0.15, 0.2) is 0 Å². The molecule has 0 saturated heterocycles. The Hall–Kier alpha value is -2.37. The lowest BCUT2D eigenvalue weighted by atomic mass is 10.2. The van der Waals surface area contributed by atoms with Gasteiger partial charge in [-0.25, -0.2) is 9.97 Å². The van der Waals surface area contributed by atoms with Gasteiger partial charge < -0.3 is 14.8 Å². The van der Waals surface area contributed by atoms with Gasteiger partial charge in [0.05, 0.1) is 13.2 Å². The lowest BCUT2D eigenvalue weighted by Crippen LogP contribution is -2.11. The predicted molar refractivity (Wildman–Crippen MR) is 80.6 cm³/mol. The molecular weight excluding hydrogens is 268 g/mol. The number of nitrogens with zero attached hydrogens (tertiary/aromatic N) is 3. The zero-order valence-electron chi connectivity index (χ0n) is 12.8. The van der Waals surface area contributed by atoms with Crippen molar-refractivity contribution in [2.45, 2.75) is 33.4 Å². The molecular formula is C15H20N4O2. The van der Waals surface area contributed by atoms with E-state index < -0.39 is 0 Å². The van der Waals surface area contributed by atoms with Gasteiger partial charge in [0.2, 0.25) is 17.7 Å². The number of aryl methyl sites for hydroxylation is 1. The molecule has 2 aromatic rings. The number of rotatable bonds is 6. The van der Waals surface area contributed by atoms with Crippen LogP contribution in [0, 0.1) is 6.92 Å². The summed E-state index contributed by atoms with van der Waals surface area (Å²) in [6.45, 7) is 6.37. The zero-order chi connectivity index (χ0) is 15.2. The molecule has 0 unspecified atom stereocenters. The van der Waals surface area contributed by atoms with Crippen LogP contribution in [0.15, 0.2) is 24.4 Å². The molecule has 0 saturated carbocycles. The monoisotopic (exact) mass is 288 g/mol. The standard InChI is InChI=1S/C15H20N4O2/c1-10(2)21-14-12(6-5-7-16-14)9-17-15-18-11(3)8-13(19-15)20-4/h5-8,10H,9H2,1-4H3,(H,17,18,19). The second-order valence-corrected chi connectivity index (χ2v) is 4.86. The largest absolute Gasteiger partial charge is 0.481 e. The molecule has 0 aliphatic heterocycles. The molecule has 0 aliphatic rings. The first-order chi connectivity index (χ1) is 10.1. The molecule has 0 aliphatic carbocycles. The Morgan fingerprint density at radius 3 is 2.81 bits per heavy atom. The maximum absolute atomic E-state index is 5.69. The number of hydrogen-bond acceptors (Lipinski definition) is 6. The van der Waals surface area contributed by atoms with E-state index in [0.29, 0.717) is 24.3 Å². The van der Waals surface area contributed by atoms with Gasteiger partial charge in [0, 0.05) is 30.1 Å². The number of methoxy groups -OCH3 is 1. The van der Waals surface area contributed by atoms with Gasteiger partial charge in [-0.15, -0.1) is 0 Å². The SMILES string of the molecule is COc1cc(C)nc(NCc2cccnc2OC(C)C)n1. The Bertz CT molecular complexity index is 602. The summed E-state index contributed by atoms with van der Waals surface area (Å²) in [7, 11) is 1.58. The third kappa shape index (κ3) is 4.30. The van der Waals surface area contributed by atoms with Crippen molar-refractivity contribution in [2.75, 3.05) is 12.4 Å². The molecule has 0 spiro atoms. The minimum Gasteiger partial charge on any atom is -0.481 e. The van der Waals surface area contributed by atoms with E-state index in [1.165, 1.54) is 0 Å². The van der Waals surface area contributed by atoms with Crippen LogP contribution in [-0.4, -0.2) is 28.2 Å². The highest BCUT2D eigenvalue weighted by Crippen LogP contribution is 2.18. The van der Waals surface area contributed by atoms with E-state index in [9.17, 15) is 0 Å². The molecule has 0 atom stereocenters. The lowest BCUT2D eigenvalue weighted by molar-refractivity contribution is 0.230. The second kappa shape index (κ2) is 6.88. The number of anilines is 1. The van der Waals surface area contributed by atoms with E-state index in [4.69, 9.17) is 9.47 Å². The maximum atomic E-state index is 5.69. The van der Waals surface area contributed by atoms with Gasteiger partial charge in [-0.05, 0) is 26.8 Å². The zero-order valence-corrected chi connectivity index (χ0v) is 12.8. The number of hydrogen-bond donors (Lipinski definition) is 1. The van der Waals surface area contributed by atoms with Crippen molar-refractivity contribution in [1.82, 2.24) is 15.0 Å². The van der Waals surface area contributed by atoms with Crippen LogP contribution in [-0.2, 0) is 6.54 Å². The van der Waals surface area contributed by atoms with Crippen molar-refractivity contribution in [2.24, 2.45) is 0 Å². The summed E-state index contributed by atoms with van der Waals surface area (Å²) < 4.78 is 10.8. The Labute approximate surface area is 124 Å². The normalized spacial score (nSPS) is 10.5. The second-order valence-electron chi connectivity index (χ2n) is 4.86. The fourth-order valence-corrected chi connectivity index (χ4v) is 1.79. The molecule has 0 aromatic carbocycles. The predicted octanol–water partition coefficient (Wildman–Crippen LogP) is 2.59. The molecule has 0 fully saturated rings. The highest BCUT2D eigenvalue weighted by Gasteiger charge is 2.08. The summed E-state index contributed by atoms with van der Waals surface area (Å²) in [5, 5.41) is 3.17. The maximum Gasteiger partial charge on any atom is 0.226 e. The Morgan fingerprint density at radius 1 is 1.29 bits per heavy atom. The first kappa shape index (κ1) is 15.0. The Balaban J connectivity index is 2.11. The van der Waals surface area contributed by atoms with Crippen LogP contribution in [0.25, 0.3) is 0 Å². The molecule has 2 aromatic heterocycles. The average molecular weight is 288 g/mol. The van der Waals surface area contributed by atoms with Crippen LogP contribution in [0.3, 0.4) is 0 Å². The van der Waals surface area contributed by atoms with Crippen LogP contribution in [0.4, 0.5) is 5.95 Å². The van der Waals surface area contributed by atoms with E-state index in [-0.39, 0.29) is 6.10 Å². The van der Waals surface area contributed by atoms with Crippen molar-refractivity contribution in [1.29, 1.82) is 0 Å². The molecule has 0 radical (unpaired) electrons. The fourth-order valence-electron chi connectivity index (χ4n) is 1.79. The van der Waals surface area contributed by atoms with E-state index in [2.05, 4.69) is 20.3 Å². The van der Waals surface area contributed by atoms with Crippen LogP contribution in [0.5, 0.6) is 11.8 Å². The third-order valence-electron chi connectivity index (χ3n) is 2.67. The number of ether oxygens (including phenoxy) is 2. The first-order valence-corrected chi connectivity index (χ1v) is 6.82. The van der Waals surface area contributed by atoms with E-state index in [1.54, 1.807) is 19.4 Å². The minimum absolute atomic E-state index is 0.0777. The molecule has 6 nitrogen and oxygen atoms in total. The van der Waals surface area contributed by atoms with Crippen molar-refractivity contribution < 1.29 is 9.47 Å². The molecule has 1 N–H and O–H groups in total. The molecule has 0 bridgehead atoms. The van der Waals surface area contributed by atoms with Crippen LogP contribution in [0.1, 0.15) is 25.1 Å². The minimum atomic E-state index is 0.0777. The van der Waals surface area contributed by atoms with E-state index in [0.717, 1.165) is 11.3 Å². The van der Waals surface area contributed by atoms with Crippen LogP contribution >= 0.6 is 0 Å². The van der Waals surface area contributed by atoms with E-state index >= 15 is 0 Å². The third-order valence-corrected chi connectivity index (χ3v) is 2.67. The van der Waals surface area contributed by atoms with Crippen molar-refractivity contribution in [3.63, 3.8) is 0 Å². The highest BCUT2D eigenvalue weighted by molar-refractivity contribution is 5.34. The average Bonchev–Trinajstić information content (AvgIpc) is 2.45. The summed E-state index contributed by atoms with van der Waals surface area (Å²) in [5.74, 6) is 1.68. The smallest absolute Gasteiger partial charge is 0.226 e. The Kier molecular flexibility index (Phi) is 4.92. The molecule has 2 heterocycles. The number of nitrogens with one attached hydrogen (secondary N) is 1. The van der Waals surface area contributed by atoms with Crippen molar-refractivity contribution in [3.05, 3.63) is 35.7 Å². The highest BCUT2D eigenvalue weighted by atomic mass is 16.5. The molecule has 112 valence electrons. The Morgan fingerprint density at radius 2 is 2.10 bits per heavy atom. The number of pyridine rings is 1. The van der Waals surface area contributed by atoms with Gasteiger partial charge in [-0.2, -0.15) is 4.98 Å². The summed E-state index contributed by atoms with van der Waals surface area (Å²) in [5.41, 5.74) is 1.80. The lowest BCUT2D eigenvalue weighted by Gasteiger charge is -2.13. The van der Waals surface area contributed by atoms with Gasteiger partial charge in [-0.1, -0.05) is 6.07 Å².